The smallest absolute Gasteiger partial charge is 0.235 e. The summed E-state index contributed by atoms with van der Waals surface area (Å²) < 4.78 is 0. The molecule has 1 aliphatic rings. The largest absolute Gasteiger partial charge is 0.409 e. The summed E-state index contributed by atoms with van der Waals surface area (Å²) in [5, 5.41) is 20.5. The highest BCUT2D eigenvalue weighted by molar-refractivity contribution is 6.05. The van der Waals surface area contributed by atoms with Crippen LogP contribution in [0.3, 0.4) is 0 Å². The first-order chi connectivity index (χ1) is 7.43. The van der Waals surface area contributed by atoms with Crippen LogP contribution in [0.15, 0.2) is 5.16 Å². The van der Waals surface area contributed by atoms with Crippen molar-refractivity contribution in [3.63, 3.8) is 0 Å². The molecule has 0 aromatic heterocycles. The number of nitrogens with two attached hydrogens (primary N) is 1. The molecule has 1 unspecified atom stereocenters. The molecular formula is C10H19N3O3. The lowest BCUT2D eigenvalue weighted by molar-refractivity contribution is -0.136. The Hall–Kier alpha value is -1.30. The number of rotatable bonds is 3. The van der Waals surface area contributed by atoms with Crippen molar-refractivity contribution in [2.45, 2.75) is 20.3 Å². The Labute approximate surface area is 94.7 Å². The van der Waals surface area contributed by atoms with E-state index < -0.39 is 5.41 Å². The Balaban J connectivity index is 2.72. The summed E-state index contributed by atoms with van der Waals surface area (Å²) in [6, 6.07) is 0. The molecule has 0 aromatic carbocycles. The zero-order valence-corrected chi connectivity index (χ0v) is 9.68. The van der Waals surface area contributed by atoms with Crippen LogP contribution in [0.4, 0.5) is 0 Å². The third-order valence-electron chi connectivity index (χ3n) is 3.11. The first kappa shape index (κ1) is 12.8. The van der Waals surface area contributed by atoms with Crippen molar-refractivity contribution in [2.75, 3.05) is 19.7 Å². The van der Waals surface area contributed by atoms with Crippen molar-refractivity contribution in [1.82, 2.24) is 4.90 Å². The van der Waals surface area contributed by atoms with Gasteiger partial charge in [-0.05, 0) is 20.3 Å². The van der Waals surface area contributed by atoms with Crippen LogP contribution in [0, 0.1) is 11.3 Å². The molecule has 0 saturated carbocycles. The molecule has 0 aromatic rings. The van der Waals surface area contributed by atoms with Gasteiger partial charge < -0.3 is 20.9 Å². The zero-order valence-electron chi connectivity index (χ0n) is 9.68. The van der Waals surface area contributed by atoms with Gasteiger partial charge in [-0.25, -0.2) is 0 Å². The van der Waals surface area contributed by atoms with E-state index in [1.54, 1.807) is 18.7 Å². The third-order valence-corrected chi connectivity index (χ3v) is 3.11. The summed E-state index contributed by atoms with van der Waals surface area (Å²) in [6.07, 6.45) is 0.800. The first-order valence-electron chi connectivity index (χ1n) is 5.31. The lowest BCUT2D eigenvalue weighted by Crippen LogP contribution is -2.47. The second kappa shape index (κ2) is 4.69. The molecule has 1 atom stereocenters. The van der Waals surface area contributed by atoms with Gasteiger partial charge in [0.05, 0.1) is 0 Å². The highest BCUT2D eigenvalue weighted by Crippen LogP contribution is 2.24. The average molecular weight is 229 g/mol. The number of amidine groups is 1. The lowest BCUT2D eigenvalue weighted by atomic mass is 9.90. The number of hydrogen-bond acceptors (Lipinski definition) is 4. The summed E-state index contributed by atoms with van der Waals surface area (Å²) in [5.41, 5.74) is 4.49. The van der Waals surface area contributed by atoms with Gasteiger partial charge in [0.25, 0.3) is 0 Å². The molecule has 1 heterocycles. The molecule has 1 rings (SSSR count). The van der Waals surface area contributed by atoms with E-state index in [-0.39, 0.29) is 24.3 Å². The molecule has 1 amide bonds. The fourth-order valence-corrected chi connectivity index (χ4v) is 1.80. The Bertz CT molecular complexity index is 302. The number of likely N-dealkylation sites (tertiary alicyclic amines) is 1. The van der Waals surface area contributed by atoms with Crippen molar-refractivity contribution in [3.8, 4) is 0 Å². The molecule has 6 heteroatoms. The number of carbonyl (C=O) groups excluding carboxylic acids is 1. The molecule has 6 nitrogen and oxygen atoms in total. The minimum Gasteiger partial charge on any atom is -0.409 e. The number of aliphatic hydroxyl groups is 1. The van der Waals surface area contributed by atoms with Gasteiger partial charge in [0, 0.05) is 25.6 Å². The maximum atomic E-state index is 12.1. The Morgan fingerprint density at radius 2 is 2.25 bits per heavy atom. The molecule has 0 spiro atoms. The van der Waals surface area contributed by atoms with Gasteiger partial charge in [-0.2, -0.15) is 0 Å². The van der Waals surface area contributed by atoms with Crippen LogP contribution in [0.5, 0.6) is 0 Å². The predicted molar refractivity (Wildman–Crippen MR) is 59.0 cm³/mol. The molecule has 0 bridgehead atoms. The topological polar surface area (TPSA) is 99.2 Å². The highest BCUT2D eigenvalue weighted by atomic mass is 16.4. The maximum absolute atomic E-state index is 12.1. The van der Waals surface area contributed by atoms with Crippen LogP contribution in [-0.2, 0) is 4.79 Å². The van der Waals surface area contributed by atoms with Gasteiger partial charge in [-0.3, -0.25) is 4.79 Å². The second-order valence-electron chi connectivity index (χ2n) is 4.70. The van der Waals surface area contributed by atoms with Crippen LogP contribution in [0.25, 0.3) is 0 Å². The van der Waals surface area contributed by atoms with E-state index in [1.165, 1.54) is 0 Å². The van der Waals surface area contributed by atoms with Crippen molar-refractivity contribution >= 4 is 11.7 Å². The predicted octanol–water partition coefficient (Wildman–Crippen LogP) is -0.400. The van der Waals surface area contributed by atoms with Gasteiger partial charge in [0.15, 0.2) is 5.84 Å². The van der Waals surface area contributed by atoms with Crippen molar-refractivity contribution in [1.29, 1.82) is 0 Å². The van der Waals surface area contributed by atoms with Gasteiger partial charge in [-0.1, -0.05) is 5.16 Å². The minimum atomic E-state index is -1.00. The van der Waals surface area contributed by atoms with Crippen LogP contribution >= 0.6 is 0 Å². The standard InChI is InChI=1S/C10H19N3O3/c1-10(2,8(11)12-16)9(15)13-4-3-7(5-13)6-14/h7,14,16H,3-6H2,1-2H3,(H2,11,12). The Morgan fingerprint density at radius 3 is 2.69 bits per heavy atom. The fraction of sp³-hybridized carbons (Fsp3) is 0.800. The molecule has 0 aliphatic carbocycles. The monoisotopic (exact) mass is 229 g/mol. The number of hydrogen-bond donors (Lipinski definition) is 3. The van der Waals surface area contributed by atoms with E-state index in [2.05, 4.69) is 5.16 Å². The maximum Gasteiger partial charge on any atom is 0.235 e. The van der Waals surface area contributed by atoms with E-state index in [4.69, 9.17) is 16.0 Å². The number of aliphatic hydroxyl groups excluding tert-OH is 1. The summed E-state index contributed by atoms with van der Waals surface area (Å²) in [7, 11) is 0. The molecule has 92 valence electrons. The molecule has 1 aliphatic heterocycles. The molecule has 4 N–H and O–H groups in total. The van der Waals surface area contributed by atoms with Crippen LogP contribution < -0.4 is 5.73 Å². The van der Waals surface area contributed by atoms with E-state index >= 15 is 0 Å². The Kier molecular flexibility index (Phi) is 3.74. The van der Waals surface area contributed by atoms with E-state index in [0.717, 1.165) is 6.42 Å². The van der Waals surface area contributed by atoms with E-state index in [9.17, 15) is 4.79 Å². The van der Waals surface area contributed by atoms with Gasteiger partial charge in [0.1, 0.15) is 5.41 Å². The normalized spacial score (nSPS) is 22.6. The lowest BCUT2D eigenvalue weighted by Gasteiger charge is -2.27. The Morgan fingerprint density at radius 1 is 1.62 bits per heavy atom. The molecular weight excluding hydrogens is 210 g/mol. The summed E-state index contributed by atoms with van der Waals surface area (Å²) in [4.78, 5) is 13.8. The van der Waals surface area contributed by atoms with Gasteiger partial charge >= 0.3 is 0 Å². The summed E-state index contributed by atoms with van der Waals surface area (Å²) in [6.45, 7) is 4.49. The number of nitrogens with zero attached hydrogens (tertiary/aromatic N) is 2. The van der Waals surface area contributed by atoms with Crippen LogP contribution in [0.2, 0.25) is 0 Å². The third kappa shape index (κ3) is 2.27. The van der Waals surface area contributed by atoms with Gasteiger partial charge in [-0.15, -0.1) is 0 Å². The minimum absolute atomic E-state index is 0.0911. The second-order valence-corrected chi connectivity index (χ2v) is 4.70. The van der Waals surface area contributed by atoms with Crippen LogP contribution in [0.1, 0.15) is 20.3 Å². The van der Waals surface area contributed by atoms with E-state index in [1.807, 2.05) is 0 Å². The summed E-state index contributed by atoms with van der Waals surface area (Å²) in [5.74, 6) is -0.115. The number of oxime groups is 1. The fourth-order valence-electron chi connectivity index (χ4n) is 1.80. The van der Waals surface area contributed by atoms with E-state index in [0.29, 0.717) is 13.1 Å². The van der Waals surface area contributed by atoms with Crippen molar-refractivity contribution in [2.24, 2.45) is 22.2 Å². The zero-order chi connectivity index (χ0) is 12.3. The van der Waals surface area contributed by atoms with Crippen molar-refractivity contribution in [3.05, 3.63) is 0 Å². The van der Waals surface area contributed by atoms with Gasteiger partial charge in [0.2, 0.25) is 5.91 Å². The van der Waals surface area contributed by atoms with Crippen molar-refractivity contribution < 1.29 is 15.1 Å². The van der Waals surface area contributed by atoms with Crippen LogP contribution in [-0.4, -0.2) is 46.7 Å². The molecule has 16 heavy (non-hydrogen) atoms. The summed E-state index contributed by atoms with van der Waals surface area (Å²) >= 11 is 0. The molecule has 1 saturated heterocycles. The number of amides is 1. The molecule has 1 fully saturated rings. The number of carbonyl (C=O) groups is 1. The molecule has 0 radical (unpaired) electrons. The first-order valence-corrected chi connectivity index (χ1v) is 5.31. The average Bonchev–Trinajstić information content (AvgIpc) is 2.75. The SMILES string of the molecule is CC(C)(C(=O)N1CCC(CO)C1)C(N)=NO. The quantitative estimate of drug-likeness (QED) is 0.265. The highest BCUT2D eigenvalue weighted by Gasteiger charge is 2.38.